The van der Waals surface area contributed by atoms with Gasteiger partial charge in [0.25, 0.3) is 0 Å². The number of ether oxygens (including phenoxy) is 1. The van der Waals surface area contributed by atoms with E-state index in [1.165, 1.54) is 32.1 Å². The third-order valence-electron chi connectivity index (χ3n) is 2.86. The molecule has 0 aromatic heterocycles. The lowest BCUT2D eigenvalue weighted by molar-refractivity contribution is -0.121. The Hall–Kier alpha value is -0.610. The molecule has 108 valence electrons. The zero-order valence-corrected chi connectivity index (χ0v) is 12.1. The molecule has 2 N–H and O–H groups in total. The molecule has 0 heterocycles. The minimum absolute atomic E-state index is 0.180. The molecule has 0 unspecified atom stereocenters. The van der Waals surface area contributed by atoms with Crippen LogP contribution >= 0.6 is 0 Å². The van der Waals surface area contributed by atoms with Crippen molar-refractivity contribution in [3.8, 4) is 0 Å². The van der Waals surface area contributed by atoms with E-state index in [1.54, 1.807) is 7.11 Å². The van der Waals surface area contributed by atoms with Crippen molar-refractivity contribution in [3.63, 3.8) is 0 Å². The van der Waals surface area contributed by atoms with Gasteiger partial charge in [-0.05, 0) is 6.42 Å². The van der Waals surface area contributed by atoms with Crippen molar-refractivity contribution in [2.45, 2.75) is 51.9 Å². The van der Waals surface area contributed by atoms with Crippen molar-refractivity contribution in [1.29, 1.82) is 0 Å². The topological polar surface area (TPSA) is 50.4 Å². The highest BCUT2D eigenvalue weighted by molar-refractivity contribution is 5.75. The summed E-state index contributed by atoms with van der Waals surface area (Å²) < 4.78 is 4.91. The standard InChI is InChI=1S/C14H30N2O2/c1-3-4-5-6-7-8-9-14(17)16-11-10-15-12-13-18-2/h15H,3-13H2,1-2H3,(H,16,17). The Balaban J connectivity index is 3.12. The minimum atomic E-state index is 0.180. The average molecular weight is 258 g/mol. The van der Waals surface area contributed by atoms with Crippen LogP contribution in [0.5, 0.6) is 0 Å². The van der Waals surface area contributed by atoms with Gasteiger partial charge in [0.15, 0.2) is 0 Å². The Morgan fingerprint density at radius 2 is 1.72 bits per heavy atom. The van der Waals surface area contributed by atoms with Crippen molar-refractivity contribution < 1.29 is 9.53 Å². The summed E-state index contributed by atoms with van der Waals surface area (Å²) in [7, 11) is 1.68. The van der Waals surface area contributed by atoms with E-state index in [0.717, 1.165) is 19.5 Å². The number of unbranched alkanes of at least 4 members (excludes halogenated alkanes) is 5. The fourth-order valence-electron chi connectivity index (χ4n) is 1.74. The largest absolute Gasteiger partial charge is 0.383 e. The van der Waals surface area contributed by atoms with Crippen LogP contribution in [0.1, 0.15) is 51.9 Å². The summed E-state index contributed by atoms with van der Waals surface area (Å²) in [4.78, 5) is 11.5. The highest BCUT2D eigenvalue weighted by Gasteiger charge is 1.99. The summed E-state index contributed by atoms with van der Waals surface area (Å²) in [6.07, 6.45) is 8.04. The van der Waals surface area contributed by atoms with Gasteiger partial charge in [0, 0.05) is 33.2 Å². The zero-order valence-electron chi connectivity index (χ0n) is 12.1. The van der Waals surface area contributed by atoms with Gasteiger partial charge in [-0.1, -0.05) is 39.0 Å². The second-order valence-corrected chi connectivity index (χ2v) is 4.61. The Labute approximate surface area is 112 Å². The van der Waals surface area contributed by atoms with Gasteiger partial charge in [-0.3, -0.25) is 4.79 Å². The third kappa shape index (κ3) is 13.5. The van der Waals surface area contributed by atoms with Crippen molar-refractivity contribution in [2.24, 2.45) is 0 Å². The van der Waals surface area contributed by atoms with Crippen LogP contribution in [0.4, 0.5) is 0 Å². The van der Waals surface area contributed by atoms with Crippen LogP contribution in [-0.4, -0.2) is 39.3 Å². The Morgan fingerprint density at radius 1 is 1.00 bits per heavy atom. The van der Waals surface area contributed by atoms with E-state index in [4.69, 9.17) is 4.74 Å². The molecule has 4 nitrogen and oxygen atoms in total. The number of carbonyl (C=O) groups is 1. The highest BCUT2D eigenvalue weighted by Crippen LogP contribution is 2.06. The van der Waals surface area contributed by atoms with Gasteiger partial charge < -0.3 is 15.4 Å². The van der Waals surface area contributed by atoms with Crippen LogP contribution < -0.4 is 10.6 Å². The van der Waals surface area contributed by atoms with Crippen molar-refractivity contribution in [1.82, 2.24) is 10.6 Å². The highest BCUT2D eigenvalue weighted by atomic mass is 16.5. The van der Waals surface area contributed by atoms with E-state index >= 15 is 0 Å². The van der Waals surface area contributed by atoms with E-state index in [0.29, 0.717) is 19.6 Å². The van der Waals surface area contributed by atoms with E-state index in [9.17, 15) is 4.79 Å². The van der Waals surface area contributed by atoms with Gasteiger partial charge in [-0.15, -0.1) is 0 Å². The SMILES string of the molecule is CCCCCCCCC(=O)NCCNCCOC. The van der Waals surface area contributed by atoms with Crippen molar-refractivity contribution in [2.75, 3.05) is 33.4 Å². The summed E-state index contributed by atoms with van der Waals surface area (Å²) in [5.74, 6) is 0.180. The number of methoxy groups -OCH3 is 1. The normalized spacial score (nSPS) is 10.6. The van der Waals surface area contributed by atoms with E-state index in [2.05, 4.69) is 17.6 Å². The first-order chi connectivity index (χ1) is 8.81. The number of hydrogen-bond donors (Lipinski definition) is 2. The maximum absolute atomic E-state index is 11.5. The molecule has 0 aliphatic heterocycles. The molecule has 18 heavy (non-hydrogen) atoms. The number of nitrogens with one attached hydrogen (secondary N) is 2. The number of rotatable bonds is 13. The van der Waals surface area contributed by atoms with E-state index in [1.807, 2.05) is 0 Å². The van der Waals surface area contributed by atoms with Crippen LogP contribution in [-0.2, 0) is 9.53 Å². The summed E-state index contributed by atoms with van der Waals surface area (Å²) in [6, 6.07) is 0. The molecular weight excluding hydrogens is 228 g/mol. The van der Waals surface area contributed by atoms with Crippen LogP contribution in [0.2, 0.25) is 0 Å². The van der Waals surface area contributed by atoms with Crippen molar-refractivity contribution >= 4 is 5.91 Å². The quantitative estimate of drug-likeness (QED) is 0.497. The lowest BCUT2D eigenvalue weighted by atomic mass is 10.1. The molecule has 4 heteroatoms. The second-order valence-electron chi connectivity index (χ2n) is 4.61. The maximum atomic E-state index is 11.5. The molecule has 0 aromatic rings. The van der Waals surface area contributed by atoms with Crippen LogP contribution in [0.25, 0.3) is 0 Å². The molecule has 0 saturated heterocycles. The molecule has 0 fully saturated rings. The third-order valence-corrected chi connectivity index (χ3v) is 2.86. The summed E-state index contributed by atoms with van der Waals surface area (Å²) in [5.41, 5.74) is 0. The fourth-order valence-corrected chi connectivity index (χ4v) is 1.74. The van der Waals surface area contributed by atoms with Gasteiger partial charge in [-0.2, -0.15) is 0 Å². The van der Waals surface area contributed by atoms with Gasteiger partial charge in [0.2, 0.25) is 5.91 Å². The van der Waals surface area contributed by atoms with Gasteiger partial charge in [0.1, 0.15) is 0 Å². The average Bonchev–Trinajstić information content (AvgIpc) is 2.38. The molecule has 0 aliphatic rings. The maximum Gasteiger partial charge on any atom is 0.220 e. The second kappa shape index (κ2) is 14.5. The Bertz CT molecular complexity index is 169. The lowest BCUT2D eigenvalue weighted by Crippen LogP contribution is -2.32. The summed E-state index contributed by atoms with van der Waals surface area (Å²) >= 11 is 0. The first-order valence-corrected chi connectivity index (χ1v) is 7.27. The Morgan fingerprint density at radius 3 is 2.44 bits per heavy atom. The molecule has 0 bridgehead atoms. The minimum Gasteiger partial charge on any atom is -0.383 e. The van der Waals surface area contributed by atoms with Crippen LogP contribution in [0.3, 0.4) is 0 Å². The molecule has 0 radical (unpaired) electrons. The molecule has 0 saturated carbocycles. The van der Waals surface area contributed by atoms with E-state index < -0.39 is 0 Å². The van der Waals surface area contributed by atoms with Gasteiger partial charge >= 0.3 is 0 Å². The number of hydrogen-bond acceptors (Lipinski definition) is 3. The fraction of sp³-hybridized carbons (Fsp3) is 0.929. The zero-order chi connectivity index (χ0) is 13.5. The predicted octanol–water partition coefficient (Wildman–Crippen LogP) is 2.09. The first-order valence-electron chi connectivity index (χ1n) is 7.27. The van der Waals surface area contributed by atoms with Gasteiger partial charge in [-0.25, -0.2) is 0 Å². The predicted molar refractivity (Wildman–Crippen MR) is 75.7 cm³/mol. The molecule has 1 amide bonds. The van der Waals surface area contributed by atoms with Gasteiger partial charge in [0.05, 0.1) is 6.61 Å². The van der Waals surface area contributed by atoms with Crippen LogP contribution in [0, 0.1) is 0 Å². The molecule has 0 aromatic carbocycles. The molecule has 0 aliphatic carbocycles. The van der Waals surface area contributed by atoms with E-state index in [-0.39, 0.29) is 5.91 Å². The first kappa shape index (κ1) is 17.4. The summed E-state index contributed by atoms with van der Waals surface area (Å²) in [5, 5.41) is 6.11. The molecular formula is C14H30N2O2. The number of amides is 1. The number of carbonyl (C=O) groups excluding carboxylic acids is 1. The molecule has 0 atom stereocenters. The Kier molecular flexibility index (Phi) is 14.0. The molecule has 0 spiro atoms. The van der Waals surface area contributed by atoms with Crippen molar-refractivity contribution in [3.05, 3.63) is 0 Å². The lowest BCUT2D eigenvalue weighted by Gasteiger charge is -2.06. The van der Waals surface area contributed by atoms with Crippen LogP contribution in [0.15, 0.2) is 0 Å². The molecule has 0 rings (SSSR count). The summed E-state index contributed by atoms with van der Waals surface area (Å²) in [6.45, 7) is 5.29. The smallest absolute Gasteiger partial charge is 0.220 e. The monoisotopic (exact) mass is 258 g/mol.